The third-order valence-corrected chi connectivity index (χ3v) is 8.83. The van der Waals surface area contributed by atoms with Crippen molar-refractivity contribution in [3.05, 3.63) is 87.6 Å². The van der Waals surface area contributed by atoms with Gasteiger partial charge in [-0.05, 0) is 64.9 Å². The molecular weight excluding hydrogens is 669 g/mol. The molecule has 3 aromatic carbocycles. The second-order valence-electron chi connectivity index (χ2n) is 10.7. The summed E-state index contributed by atoms with van der Waals surface area (Å²) in [4.78, 5) is 44.9. The molecule has 3 amide bonds. The molecule has 9 nitrogen and oxygen atoms in total. The SMILES string of the molecule is N#Cc1cccc(N2C(=O)CC[C@H]2C(=O)N(c2cccc3cn[nH]c23)[C@H](C(=O)NC2CC(F)(F)C2)c2ccccc2I)c1. The fourth-order valence-electron chi connectivity index (χ4n) is 5.80. The van der Waals surface area contributed by atoms with E-state index in [0.717, 1.165) is 0 Å². The number of nitrogens with zero attached hydrogens (tertiary/aromatic N) is 4. The highest BCUT2D eigenvalue weighted by molar-refractivity contribution is 14.1. The monoisotopic (exact) mass is 694 g/mol. The van der Waals surface area contributed by atoms with E-state index >= 15 is 0 Å². The number of rotatable bonds is 7. The molecule has 2 heterocycles. The third kappa shape index (κ3) is 5.45. The minimum Gasteiger partial charge on any atom is -0.351 e. The molecule has 2 N–H and O–H groups in total. The average Bonchev–Trinajstić information content (AvgIpc) is 3.62. The van der Waals surface area contributed by atoms with Crippen LogP contribution in [-0.4, -0.2) is 45.9 Å². The molecule has 2 fully saturated rings. The highest BCUT2D eigenvalue weighted by atomic mass is 127. The van der Waals surface area contributed by atoms with Gasteiger partial charge in [0.15, 0.2) is 0 Å². The molecule has 0 radical (unpaired) electrons. The van der Waals surface area contributed by atoms with Gasteiger partial charge in [-0.2, -0.15) is 10.4 Å². The lowest BCUT2D eigenvalue weighted by atomic mass is 9.87. The zero-order valence-corrected chi connectivity index (χ0v) is 24.8. The first-order valence-electron chi connectivity index (χ1n) is 13.7. The molecule has 4 aromatic rings. The van der Waals surface area contributed by atoms with Crippen molar-refractivity contribution in [1.29, 1.82) is 5.26 Å². The zero-order chi connectivity index (χ0) is 30.3. The van der Waals surface area contributed by atoms with E-state index in [1.165, 1.54) is 9.80 Å². The summed E-state index contributed by atoms with van der Waals surface area (Å²) in [5.74, 6) is -4.29. The van der Waals surface area contributed by atoms with Gasteiger partial charge in [-0.15, -0.1) is 0 Å². The number of nitrogens with one attached hydrogen (secondary N) is 2. The maximum atomic E-state index is 14.8. The molecule has 1 aliphatic carbocycles. The van der Waals surface area contributed by atoms with E-state index in [2.05, 4.69) is 44.2 Å². The number of carbonyl (C=O) groups is 3. The Kier molecular flexibility index (Phi) is 7.59. The van der Waals surface area contributed by atoms with Crippen molar-refractivity contribution >= 4 is 62.6 Å². The molecular formula is C31H25F2IN6O3. The van der Waals surface area contributed by atoms with Gasteiger partial charge in [-0.3, -0.25) is 29.3 Å². The summed E-state index contributed by atoms with van der Waals surface area (Å²) in [5.41, 5.74) is 2.07. The first kappa shape index (κ1) is 28.7. The van der Waals surface area contributed by atoms with Crippen molar-refractivity contribution < 1.29 is 23.2 Å². The number of hydrogen-bond acceptors (Lipinski definition) is 5. The van der Waals surface area contributed by atoms with Crippen molar-refractivity contribution in [3.8, 4) is 6.07 Å². The highest BCUT2D eigenvalue weighted by Crippen LogP contribution is 2.40. The number of aromatic amines is 1. The fraction of sp³-hybridized carbons (Fsp3) is 0.258. The number of hydrogen-bond donors (Lipinski definition) is 2. The van der Waals surface area contributed by atoms with Gasteiger partial charge in [-0.1, -0.05) is 36.4 Å². The highest BCUT2D eigenvalue weighted by Gasteiger charge is 2.48. The Morgan fingerprint density at radius 2 is 1.91 bits per heavy atom. The molecule has 0 unspecified atom stereocenters. The smallest absolute Gasteiger partial charge is 0.252 e. The van der Waals surface area contributed by atoms with Gasteiger partial charge in [0.25, 0.3) is 11.8 Å². The fourth-order valence-corrected chi connectivity index (χ4v) is 6.49. The van der Waals surface area contributed by atoms with Crippen molar-refractivity contribution in [3.63, 3.8) is 0 Å². The number of fused-ring (bicyclic) bond motifs is 1. The van der Waals surface area contributed by atoms with Gasteiger partial charge < -0.3 is 5.32 Å². The van der Waals surface area contributed by atoms with Crippen LogP contribution in [0.3, 0.4) is 0 Å². The Balaban J connectivity index is 1.49. The van der Waals surface area contributed by atoms with Crippen LogP contribution in [0.1, 0.15) is 42.9 Å². The van der Waals surface area contributed by atoms with Gasteiger partial charge >= 0.3 is 0 Å². The largest absolute Gasteiger partial charge is 0.351 e. The van der Waals surface area contributed by atoms with E-state index in [1.807, 2.05) is 6.07 Å². The van der Waals surface area contributed by atoms with Crippen LogP contribution in [0.15, 0.2) is 72.9 Å². The zero-order valence-electron chi connectivity index (χ0n) is 22.6. The van der Waals surface area contributed by atoms with E-state index in [4.69, 9.17) is 0 Å². The van der Waals surface area contributed by atoms with Crippen LogP contribution in [0.5, 0.6) is 0 Å². The number of para-hydroxylation sites is 1. The van der Waals surface area contributed by atoms with Crippen LogP contribution in [0.4, 0.5) is 20.2 Å². The molecule has 0 bridgehead atoms. The van der Waals surface area contributed by atoms with Gasteiger partial charge in [0, 0.05) is 39.9 Å². The molecule has 2 aliphatic rings. The van der Waals surface area contributed by atoms with Crippen molar-refractivity contribution in [2.75, 3.05) is 9.80 Å². The predicted molar refractivity (Wildman–Crippen MR) is 163 cm³/mol. The number of halogens is 3. The van der Waals surface area contributed by atoms with E-state index in [0.29, 0.717) is 37.0 Å². The maximum absolute atomic E-state index is 14.8. The second kappa shape index (κ2) is 11.4. The van der Waals surface area contributed by atoms with Crippen LogP contribution in [0.25, 0.3) is 10.9 Å². The third-order valence-electron chi connectivity index (χ3n) is 7.84. The summed E-state index contributed by atoms with van der Waals surface area (Å²) in [6, 6.07) is 17.8. The molecule has 0 spiro atoms. The number of nitriles is 1. The lowest BCUT2D eigenvalue weighted by Crippen LogP contribution is -2.56. The van der Waals surface area contributed by atoms with Crippen LogP contribution in [-0.2, 0) is 14.4 Å². The Bertz CT molecular complexity index is 1780. The molecule has 1 aromatic heterocycles. The van der Waals surface area contributed by atoms with Gasteiger partial charge in [0.1, 0.15) is 12.1 Å². The standard InChI is InChI=1S/C31H25F2IN6O3/c32-31(33)14-20(15-31)37-29(42)28(22-8-1-2-9-23(22)34)40(24-10-4-6-19-17-36-38-27(19)24)30(43)25-11-12-26(41)39(25)21-7-3-5-18(13-21)16-35/h1-10,13,17,20,25,28H,11-12,14-15H2,(H,36,38)(H,37,42)/t25-,28-/m0/s1. The Labute approximate surface area is 259 Å². The second-order valence-corrected chi connectivity index (χ2v) is 11.9. The van der Waals surface area contributed by atoms with Crippen LogP contribution in [0, 0.1) is 14.9 Å². The molecule has 43 heavy (non-hydrogen) atoms. The number of H-pyrrole nitrogens is 1. The number of carbonyl (C=O) groups excluding carboxylic acids is 3. The lowest BCUT2D eigenvalue weighted by Gasteiger charge is -2.39. The van der Waals surface area contributed by atoms with Crippen LogP contribution < -0.4 is 15.1 Å². The van der Waals surface area contributed by atoms with E-state index in [1.54, 1.807) is 66.9 Å². The Morgan fingerprint density at radius 1 is 1.14 bits per heavy atom. The van der Waals surface area contributed by atoms with Gasteiger partial charge in [0.05, 0.1) is 29.0 Å². The summed E-state index contributed by atoms with van der Waals surface area (Å²) in [7, 11) is 0. The summed E-state index contributed by atoms with van der Waals surface area (Å²) in [6.45, 7) is 0. The van der Waals surface area contributed by atoms with Crippen LogP contribution in [0.2, 0.25) is 0 Å². The van der Waals surface area contributed by atoms with Gasteiger partial charge in [-0.25, -0.2) is 8.78 Å². The molecule has 1 aliphatic heterocycles. The minimum absolute atomic E-state index is 0.0895. The molecule has 1 saturated carbocycles. The van der Waals surface area contributed by atoms with E-state index in [-0.39, 0.29) is 18.7 Å². The van der Waals surface area contributed by atoms with Crippen LogP contribution >= 0.6 is 22.6 Å². The summed E-state index contributed by atoms with van der Waals surface area (Å²) >= 11 is 2.08. The minimum atomic E-state index is -2.85. The molecule has 2 atom stereocenters. The number of benzene rings is 3. The van der Waals surface area contributed by atoms with Gasteiger partial charge in [0.2, 0.25) is 11.8 Å². The number of anilines is 2. The maximum Gasteiger partial charge on any atom is 0.252 e. The lowest BCUT2D eigenvalue weighted by molar-refractivity contribution is -0.133. The summed E-state index contributed by atoms with van der Waals surface area (Å²) < 4.78 is 28.2. The predicted octanol–water partition coefficient (Wildman–Crippen LogP) is 5.22. The number of aromatic nitrogens is 2. The average molecular weight is 694 g/mol. The number of amides is 3. The molecule has 218 valence electrons. The molecule has 6 rings (SSSR count). The van der Waals surface area contributed by atoms with Crippen molar-refractivity contribution in [2.45, 2.75) is 49.7 Å². The van der Waals surface area contributed by atoms with Crippen molar-refractivity contribution in [1.82, 2.24) is 15.5 Å². The Morgan fingerprint density at radius 3 is 2.65 bits per heavy atom. The quantitative estimate of drug-likeness (QED) is 0.257. The van der Waals surface area contributed by atoms with E-state index in [9.17, 15) is 28.4 Å². The van der Waals surface area contributed by atoms with E-state index < -0.39 is 48.7 Å². The number of alkyl halides is 2. The molecule has 12 heteroatoms. The topological polar surface area (TPSA) is 122 Å². The van der Waals surface area contributed by atoms with Crippen molar-refractivity contribution in [2.24, 2.45) is 0 Å². The first-order valence-corrected chi connectivity index (χ1v) is 14.7. The molecule has 1 saturated heterocycles. The first-order chi connectivity index (χ1) is 20.7. The Hall–Kier alpha value is -4.38. The summed E-state index contributed by atoms with van der Waals surface area (Å²) in [5, 5.41) is 19.9. The summed E-state index contributed by atoms with van der Waals surface area (Å²) in [6.07, 6.45) is 0.895. The normalized spacial score (nSPS) is 18.6.